The number of benzene rings is 1. The van der Waals surface area contributed by atoms with Crippen LogP contribution in [0.3, 0.4) is 0 Å². The summed E-state index contributed by atoms with van der Waals surface area (Å²) < 4.78 is 7.68. The average Bonchev–Trinajstić information content (AvgIpc) is 2.98. The lowest BCUT2D eigenvalue weighted by molar-refractivity contribution is -0.116. The lowest BCUT2D eigenvalue weighted by Gasteiger charge is -2.31. The molecule has 118 valence electrons. The fourth-order valence-electron chi connectivity index (χ4n) is 3.70. The number of Topliss-reactive ketones (excluding diaryl/α,β-unsaturated/α-hetero) is 1. The lowest BCUT2D eigenvalue weighted by Crippen LogP contribution is -2.41. The van der Waals surface area contributed by atoms with Gasteiger partial charge in [0.2, 0.25) is 0 Å². The second kappa shape index (κ2) is 4.78. The van der Waals surface area contributed by atoms with E-state index in [0.717, 1.165) is 35.1 Å². The molecule has 5 heteroatoms. The number of aryl methyl sites for hydroxylation is 2. The van der Waals surface area contributed by atoms with Gasteiger partial charge in [0.05, 0.1) is 5.69 Å². The first-order chi connectivity index (χ1) is 11.0. The van der Waals surface area contributed by atoms with Crippen LogP contribution in [0, 0.1) is 0 Å². The zero-order valence-electron chi connectivity index (χ0n) is 13.3. The molecule has 5 nitrogen and oxygen atoms in total. The van der Waals surface area contributed by atoms with E-state index in [9.17, 15) is 9.59 Å². The number of aromatic nitrogens is 1. The van der Waals surface area contributed by atoms with Gasteiger partial charge < -0.3 is 14.1 Å². The van der Waals surface area contributed by atoms with Crippen molar-refractivity contribution in [3.05, 3.63) is 35.5 Å². The number of ketones is 1. The summed E-state index contributed by atoms with van der Waals surface area (Å²) >= 11 is 0. The molecule has 2 aliphatic rings. The number of fused-ring (bicyclic) bond motifs is 5. The van der Waals surface area contributed by atoms with Crippen LogP contribution < -0.4 is 0 Å². The molecule has 1 amide bonds. The molecule has 1 aromatic heterocycles. The third kappa shape index (κ3) is 2.03. The van der Waals surface area contributed by atoms with Gasteiger partial charge in [-0.3, -0.25) is 0 Å². The maximum absolute atomic E-state index is 11.7. The van der Waals surface area contributed by atoms with E-state index in [1.807, 2.05) is 19.1 Å². The van der Waals surface area contributed by atoms with E-state index in [1.54, 1.807) is 6.92 Å². The average molecular weight is 310 g/mol. The van der Waals surface area contributed by atoms with E-state index in [-0.39, 0.29) is 5.78 Å². The maximum Gasteiger partial charge on any atom is 0.434 e. The number of nitrogens with zero attached hydrogens (tertiary/aromatic N) is 2. The third-order valence-corrected chi connectivity index (χ3v) is 4.86. The summed E-state index contributed by atoms with van der Waals surface area (Å²) in [4.78, 5) is 27.4. The molecule has 3 heterocycles. The second-order valence-electron chi connectivity index (χ2n) is 6.51. The molecule has 0 spiro atoms. The predicted octanol–water partition coefficient (Wildman–Crippen LogP) is 3.26. The Morgan fingerprint density at radius 3 is 2.96 bits per heavy atom. The molecule has 0 N–H and O–H groups in total. The normalized spacial score (nSPS) is 22.5. The maximum atomic E-state index is 11.7. The van der Waals surface area contributed by atoms with E-state index >= 15 is 0 Å². The van der Waals surface area contributed by atoms with Crippen molar-refractivity contribution in [3.63, 3.8) is 0 Å². The van der Waals surface area contributed by atoms with Gasteiger partial charge in [-0.15, -0.1) is 0 Å². The number of rotatable bonds is 3. The van der Waals surface area contributed by atoms with Crippen molar-refractivity contribution in [1.82, 2.24) is 4.57 Å². The van der Waals surface area contributed by atoms with E-state index in [1.165, 1.54) is 0 Å². The molecule has 2 aliphatic heterocycles. The molecule has 0 radical (unpaired) electrons. The van der Waals surface area contributed by atoms with Gasteiger partial charge in [-0.05, 0) is 31.9 Å². The van der Waals surface area contributed by atoms with Crippen LogP contribution >= 0.6 is 0 Å². The minimum Gasteiger partial charge on any atom is -0.435 e. The molecular weight excluding hydrogens is 292 g/mol. The number of carbonyl (C=O) groups excluding carboxylic acids is 2. The third-order valence-electron chi connectivity index (χ3n) is 4.86. The van der Waals surface area contributed by atoms with Gasteiger partial charge in [-0.2, -0.15) is 4.99 Å². The summed E-state index contributed by atoms with van der Waals surface area (Å²) in [6, 6.07) is 8.17. The molecule has 2 aromatic rings. The van der Waals surface area contributed by atoms with Crippen LogP contribution in [-0.4, -0.2) is 27.8 Å². The van der Waals surface area contributed by atoms with Gasteiger partial charge in [-0.1, -0.05) is 18.2 Å². The van der Waals surface area contributed by atoms with Crippen LogP contribution in [-0.2, 0) is 22.5 Å². The van der Waals surface area contributed by atoms with Crippen LogP contribution in [0.25, 0.3) is 10.9 Å². The molecule has 1 atom stereocenters. The zero-order valence-corrected chi connectivity index (χ0v) is 13.3. The standard InChI is InChI=1S/C18H18N2O3/c1-11(21)7-8-13-12-5-3-4-6-14(12)20-10-9-18(2)16(15(13)20)19-17(22)23-18/h3-6H,7-10H2,1-2H3. The highest BCUT2D eigenvalue weighted by molar-refractivity contribution is 6.17. The van der Waals surface area contributed by atoms with E-state index < -0.39 is 11.7 Å². The highest BCUT2D eigenvalue weighted by Crippen LogP contribution is 2.39. The van der Waals surface area contributed by atoms with E-state index in [2.05, 4.69) is 21.7 Å². The highest BCUT2D eigenvalue weighted by atomic mass is 16.6. The number of para-hydroxylation sites is 1. The van der Waals surface area contributed by atoms with E-state index in [0.29, 0.717) is 18.6 Å². The number of carbonyl (C=O) groups is 2. The van der Waals surface area contributed by atoms with Gasteiger partial charge in [0.15, 0.2) is 5.60 Å². The first-order valence-corrected chi connectivity index (χ1v) is 7.92. The Labute approximate surface area is 134 Å². The van der Waals surface area contributed by atoms with Crippen LogP contribution in [0.2, 0.25) is 0 Å². The molecule has 1 aromatic carbocycles. The molecule has 0 aliphatic carbocycles. The number of hydrogen-bond donors (Lipinski definition) is 0. The van der Waals surface area contributed by atoms with Gasteiger partial charge in [0.1, 0.15) is 11.5 Å². The highest BCUT2D eigenvalue weighted by Gasteiger charge is 2.46. The van der Waals surface area contributed by atoms with E-state index in [4.69, 9.17) is 4.74 Å². The summed E-state index contributed by atoms with van der Waals surface area (Å²) in [5.74, 6) is 0.160. The number of hydrogen-bond acceptors (Lipinski definition) is 3. The molecular formula is C18H18N2O3. The Balaban J connectivity index is 1.97. The van der Waals surface area contributed by atoms with Gasteiger partial charge in [-0.25, -0.2) is 4.79 Å². The van der Waals surface area contributed by atoms with Crippen LogP contribution in [0.4, 0.5) is 4.79 Å². The number of ether oxygens (including phenoxy) is 1. The molecule has 0 fully saturated rings. The number of aliphatic imine (C=N–C) groups is 1. The minimum absolute atomic E-state index is 0.160. The predicted molar refractivity (Wildman–Crippen MR) is 87.0 cm³/mol. The smallest absolute Gasteiger partial charge is 0.434 e. The zero-order chi connectivity index (χ0) is 16.2. The summed E-state index contributed by atoms with van der Waals surface area (Å²) in [5.41, 5.74) is 3.26. The summed E-state index contributed by atoms with van der Waals surface area (Å²) in [7, 11) is 0. The van der Waals surface area contributed by atoms with Crippen molar-refractivity contribution < 1.29 is 14.3 Å². The first-order valence-electron chi connectivity index (χ1n) is 7.92. The van der Waals surface area contributed by atoms with Crippen molar-refractivity contribution in [2.75, 3.05) is 0 Å². The fraction of sp³-hybridized carbons (Fsp3) is 0.389. The second-order valence-corrected chi connectivity index (χ2v) is 6.51. The quantitative estimate of drug-likeness (QED) is 0.874. The largest absolute Gasteiger partial charge is 0.435 e. The monoisotopic (exact) mass is 310 g/mol. The summed E-state index contributed by atoms with van der Waals surface area (Å²) in [6.45, 7) is 4.31. The van der Waals surface area contributed by atoms with Gasteiger partial charge in [0, 0.05) is 30.3 Å². The minimum atomic E-state index is -0.646. The van der Waals surface area contributed by atoms with Crippen molar-refractivity contribution in [1.29, 1.82) is 0 Å². The molecule has 1 unspecified atom stereocenters. The van der Waals surface area contributed by atoms with Gasteiger partial charge in [0.25, 0.3) is 0 Å². The molecule has 0 saturated carbocycles. The van der Waals surface area contributed by atoms with Crippen LogP contribution in [0.15, 0.2) is 29.3 Å². The first kappa shape index (κ1) is 14.2. The number of amides is 1. The van der Waals surface area contributed by atoms with Crippen LogP contribution in [0.1, 0.15) is 37.9 Å². The molecule has 0 saturated heterocycles. The fourth-order valence-corrected chi connectivity index (χ4v) is 3.70. The molecule has 4 rings (SSSR count). The Bertz CT molecular complexity index is 878. The Hall–Kier alpha value is -2.43. The van der Waals surface area contributed by atoms with Crippen LogP contribution in [0.5, 0.6) is 0 Å². The SMILES string of the molecule is CC(=O)CCc1c2n(c3ccccc13)CCC1(C)OC(=O)N=C21. The van der Waals surface area contributed by atoms with Crippen molar-refractivity contribution in [2.24, 2.45) is 4.99 Å². The Morgan fingerprint density at radius 1 is 1.39 bits per heavy atom. The summed E-state index contributed by atoms with van der Waals surface area (Å²) in [5, 5.41) is 1.13. The van der Waals surface area contributed by atoms with Crippen molar-refractivity contribution in [2.45, 2.75) is 45.3 Å². The van der Waals surface area contributed by atoms with Crippen molar-refractivity contribution in [3.8, 4) is 0 Å². The lowest BCUT2D eigenvalue weighted by atomic mass is 9.88. The summed E-state index contributed by atoms with van der Waals surface area (Å²) in [6.07, 6.45) is 1.34. The Kier molecular flexibility index (Phi) is 2.95. The van der Waals surface area contributed by atoms with Crippen molar-refractivity contribution >= 4 is 28.5 Å². The van der Waals surface area contributed by atoms with Gasteiger partial charge >= 0.3 is 6.09 Å². The molecule has 23 heavy (non-hydrogen) atoms. The topological polar surface area (TPSA) is 60.7 Å². The Morgan fingerprint density at radius 2 is 2.17 bits per heavy atom. The molecule has 0 bridgehead atoms.